The van der Waals surface area contributed by atoms with Crippen LogP contribution in [0.4, 0.5) is 5.69 Å². The van der Waals surface area contributed by atoms with Crippen molar-refractivity contribution in [2.75, 3.05) is 4.72 Å². The van der Waals surface area contributed by atoms with Gasteiger partial charge in [0.1, 0.15) is 4.21 Å². The van der Waals surface area contributed by atoms with Crippen LogP contribution in [-0.4, -0.2) is 19.5 Å². The molecular weight excluding hydrogens is 366 g/mol. The molecule has 0 radical (unpaired) electrons. The fourth-order valence-corrected chi connectivity index (χ4v) is 4.63. The van der Waals surface area contributed by atoms with Gasteiger partial charge in [-0.2, -0.15) is 0 Å². The van der Waals surface area contributed by atoms with Gasteiger partial charge in [0.05, 0.1) is 10.2 Å². The number of hydrogen-bond acceptors (Lipinski definition) is 4. The van der Waals surface area contributed by atoms with Crippen LogP contribution < -0.4 is 4.72 Å². The van der Waals surface area contributed by atoms with Crippen molar-refractivity contribution in [3.05, 3.63) is 45.7 Å². The Morgan fingerprint density at radius 3 is 2.65 bits per heavy atom. The highest BCUT2D eigenvalue weighted by molar-refractivity contribution is 9.11. The lowest BCUT2D eigenvalue weighted by Gasteiger charge is -2.07. The van der Waals surface area contributed by atoms with Crippen LogP contribution in [0, 0.1) is 0 Å². The lowest BCUT2D eigenvalue weighted by Crippen LogP contribution is -2.11. The standard InChI is InChI=1S/C12H10BrNO4S2/c13-10-4-5-12(19-10)20(17,18)14-9-3-1-2-8(6-9)7-11(15)16/h1-6,14H,7H2,(H,15,16). The third-order valence-electron chi connectivity index (χ3n) is 2.35. The maximum Gasteiger partial charge on any atom is 0.307 e. The van der Waals surface area contributed by atoms with Crippen molar-refractivity contribution < 1.29 is 18.3 Å². The Morgan fingerprint density at radius 1 is 1.30 bits per heavy atom. The van der Waals surface area contributed by atoms with E-state index >= 15 is 0 Å². The Hall–Kier alpha value is -1.38. The van der Waals surface area contributed by atoms with E-state index in [1.165, 1.54) is 12.1 Å². The zero-order valence-corrected chi connectivity index (χ0v) is 13.3. The van der Waals surface area contributed by atoms with E-state index in [0.29, 0.717) is 11.3 Å². The molecular formula is C12H10BrNO4S2. The Labute approximate surface area is 128 Å². The minimum absolute atomic E-state index is 0.153. The summed E-state index contributed by atoms with van der Waals surface area (Å²) >= 11 is 4.31. The molecule has 2 rings (SSSR count). The maximum absolute atomic E-state index is 12.1. The number of carboxylic acids is 1. The number of halogens is 1. The summed E-state index contributed by atoms with van der Waals surface area (Å²) in [7, 11) is -3.65. The summed E-state index contributed by atoms with van der Waals surface area (Å²) in [6, 6.07) is 9.48. The summed E-state index contributed by atoms with van der Waals surface area (Å²) in [5, 5.41) is 8.73. The molecule has 0 spiro atoms. The number of aliphatic carboxylic acids is 1. The average Bonchev–Trinajstić information content (AvgIpc) is 2.75. The predicted octanol–water partition coefficient (Wildman–Crippen LogP) is 2.94. The van der Waals surface area contributed by atoms with Crippen molar-refractivity contribution in [1.29, 1.82) is 0 Å². The minimum Gasteiger partial charge on any atom is -0.481 e. The highest BCUT2D eigenvalue weighted by Gasteiger charge is 2.16. The van der Waals surface area contributed by atoms with Crippen molar-refractivity contribution >= 4 is 48.9 Å². The molecule has 0 fully saturated rings. The molecule has 1 aromatic carbocycles. The number of carboxylic acid groups (broad SMARTS) is 1. The van der Waals surface area contributed by atoms with Gasteiger partial charge in [0.15, 0.2) is 0 Å². The molecule has 0 bridgehead atoms. The molecule has 2 N–H and O–H groups in total. The largest absolute Gasteiger partial charge is 0.481 e. The van der Waals surface area contributed by atoms with Gasteiger partial charge >= 0.3 is 5.97 Å². The second-order valence-electron chi connectivity index (χ2n) is 3.93. The fourth-order valence-electron chi connectivity index (χ4n) is 1.57. The molecule has 0 atom stereocenters. The molecule has 5 nitrogen and oxygen atoms in total. The van der Waals surface area contributed by atoms with Crippen LogP contribution in [0.5, 0.6) is 0 Å². The third-order valence-corrected chi connectivity index (χ3v) is 5.84. The van der Waals surface area contributed by atoms with Crippen molar-refractivity contribution in [3.63, 3.8) is 0 Å². The van der Waals surface area contributed by atoms with Gasteiger partial charge < -0.3 is 5.11 Å². The number of anilines is 1. The SMILES string of the molecule is O=C(O)Cc1cccc(NS(=O)(=O)c2ccc(Br)s2)c1. The highest BCUT2D eigenvalue weighted by atomic mass is 79.9. The molecule has 2 aromatic rings. The smallest absolute Gasteiger partial charge is 0.307 e. The summed E-state index contributed by atoms with van der Waals surface area (Å²) in [4.78, 5) is 10.6. The number of benzene rings is 1. The van der Waals surface area contributed by atoms with Crippen molar-refractivity contribution in [2.45, 2.75) is 10.6 Å². The number of nitrogens with one attached hydrogen (secondary N) is 1. The first kappa shape index (κ1) is 15.0. The van der Waals surface area contributed by atoms with Crippen molar-refractivity contribution in [3.8, 4) is 0 Å². The van der Waals surface area contributed by atoms with E-state index in [-0.39, 0.29) is 10.6 Å². The number of carbonyl (C=O) groups is 1. The number of hydrogen-bond donors (Lipinski definition) is 2. The minimum atomic E-state index is -3.65. The van der Waals surface area contributed by atoms with Crippen LogP contribution in [0.3, 0.4) is 0 Å². The van der Waals surface area contributed by atoms with Gasteiger partial charge in [-0.3, -0.25) is 9.52 Å². The highest BCUT2D eigenvalue weighted by Crippen LogP contribution is 2.27. The van der Waals surface area contributed by atoms with Gasteiger partial charge in [-0.1, -0.05) is 12.1 Å². The van der Waals surface area contributed by atoms with E-state index in [4.69, 9.17) is 5.11 Å². The van der Waals surface area contributed by atoms with Crippen LogP contribution >= 0.6 is 27.3 Å². The molecule has 1 aromatic heterocycles. The quantitative estimate of drug-likeness (QED) is 0.841. The molecule has 1 heterocycles. The topological polar surface area (TPSA) is 83.5 Å². The van der Waals surface area contributed by atoms with E-state index < -0.39 is 16.0 Å². The normalized spacial score (nSPS) is 11.2. The fraction of sp³-hybridized carbons (Fsp3) is 0.0833. The molecule has 20 heavy (non-hydrogen) atoms. The van der Waals surface area contributed by atoms with Gasteiger partial charge in [-0.15, -0.1) is 11.3 Å². The second kappa shape index (κ2) is 5.94. The van der Waals surface area contributed by atoms with E-state index in [0.717, 1.165) is 15.1 Å². The Kier molecular flexibility index (Phi) is 4.46. The average molecular weight is 376 g/mol. The zero-order chi connectivity index (χ0) is 14.8. The van der Waals surface area contributed by atoms with Crippen LogP contribution in [0.15, 0.2) is 44.4 Å². The van der Waals surface area contributed by atoms with E-state index in [1.807, 2.05) is 0 Å². The van der Waals surface area contributed by atoms with Crippen molar-refractivity contribution in [2.24, 2.45) is 0 Å². The molecule has 0 amide bonds. The molecule has 106 valence electrons. The molecule has 0 aliphatic rings. The Morgan fingerprint density at radius 2 is 2.05 bits per heavy atom. The van der Waals surface area contributed by atoms with Gasteiger partial charge in [0.2, 0.25) is 0 Å². The molecule has 0 aliphatic heterocycles. The summed E-state index contributed by atoms with van der Waals surface area (Å²) < 4.78 is 27.6. The monoisotopic (exact) mass is 375 g/mol. The first-order valence-corrected chi connectivity index (χ1v) is 8.55. The molecule has 0 saturated carbocycles. The van der Waals surface area contributed by atoms with Crippen molar-refractivity contribution in [1.82, 2.24) is 0 Å². The number of thiophene rings is 1. The molecule has 8 heteroatoms. The predicted molar refractivity (Wildman–Crippen MR) is 80.6 cm³/mol. The molecule has 0 unspecified atom stereocenters. The van der Waals surface area contributed by atoms with Crippen LogP contribution in [0.25, 0.3) is 0 Å². The van der Waals surface area contributed by atoms with Gasteiger partial charge in [-0.05, 0) is 45.8 Å². The van der Waals surface area contributed by atoms with Crippen LogP contribution in [0.1, 0.15) is 5.56 Å². The summed E-state index contributed by atoms with van der Waals surface area (Å²) in [6.07, 6.45) is -0.153. The lowest BCUT2D eigenvalue weighted by molar-refractivity contribution is -0.136. The summed E-state index contributed by atoms with van der Waals surface area (Å²) in [5.41, 5.74) is 0.873. The number of rotatable bonds is 5. The zero-order valence-electron chi connectivity index (χ0n) is 10.0. The second-order valence-corrected chi connectivity index (χ2v) is 8.31. The van der Waals surface area contributed by atoms with E-state index in [1.54, 1.807) is 24.3 Å². The first-order valence-electron chi connectivity index (χ1n) is 5.46. The van der Waals surface area contributed by atoms with Crippen LogP contribution in [-0.2, 0) is 21.2 Å². The lowest BCUT2D eigenvalue weighted by atomic mass is 10.1. The van der Waals surface area contributed by atoms with Crippen LogP contribution in [0.2, 0.25) is 0 Å². The third kappa shape index (κ3) is 3.81. The molecule has 0 aliphatic carbocycles. The Balaban J connectivity index is 2.23. The molecule has 0 saturated heterocycles. The summed E-state index contributed by atoms with van der Waals surface area (Å²) in [6.45, 7) is 0. The van der Waals surface area contributed by atoms with Gasteiger partial charge in [0, 0.05) is 5.69 Å². The van der Waals surface area contributed by atoms with E-state index in [2.05, 4.69) is 20.7 Å². The first-order chi connectivity index (χ1) is 9.37. The maximum atomic E-state index is 12.1. The van der Waals surface area contributed by atoms with E-state index in [9.17, 15) is 13.2 Å². The van der Waals surface area contributed by atoms with Gasteiger partial charge in [0.25, 0.3) is 10.0 Å². The summed E-state index contributed by atoms with van der Waals surface area (Å²) in [5.74, 6) is -0.966. The Bertz CT molecular complexity index is 739. The number of sulfonamides is 1. The van der Waals surface area contributed by atoms with Gasteiger partial charge in [-0.25, -0.2) is 8.42 Å².